The molecule has 0 saturated carbocycles. The number of aliphatic carboxylic acids is 1. The highest BCUT2D eigenvalue weighted by Crippen LogP contribution is 2.34. The Hall–Kier alpha value is -1.14. The second kappa shape index (κ2) is 6.15. The Labute approximate surface area is 107 Å². The van der Waals surface area contributed by atoms with Gasteiger partial charge in [-0.2, -0.15) is 0 Å². The van der Waals surface area contributed by atoms with E-state index in [0.717, 1.165) is 13.0 Å². The van der Waals surface area contributed by atoms with Gasteiger partial charge in [0.2, 0.25) is 5.91 Å². The van der Waals surface area contributed by atoms with Crippen LogP contribution in [0, 0.1) is 11.3 Å². The van der Waals surface area contributed by atoms with Crippen LogP contribution in [0.25, 0.3) is 0 Å². The van der Waals surface area contributed by atoms with Crippen LogP contribution in [-0.2, 0) is 14.3 Å². The predicted octanol–water partition coefficient (Wildman–Crippen LogP) is -0.162. The number of methoxy groups -OCH3 is 1. The van der Waals surface area contributed by atoms with Crippen molar-refractivity contribution in [2.24, 2.45) is 11.3 Å². The van der Waals surface area contributed by atoms with E-state index in [0.29, 0.717) is 6.54 Å². The molecule has 18 heavy (non-hydrogen) atoms. The van der Waals surface area contributed by atoms with Gasteiger partial charge >= 0.3 is 5.97 Å². The van der Waals surface area contributed by atoms with E-state index in [2.05, 4.69) is 10.6 Å². The molecule has 0 aromatic heterocycles. The maximum Gasteiger partial charge on any atom is 0.328 e. The lowest BCUT2D eigenvalue weighted by molar-refractivity contribution is -0.146. The van der Waals surface area contributed by atoms with E-state index >= 15 is 0 Å². The Morgan fingerprint density at radius 3 is 2.56 bits per heavy atom. The van der Waals surface area contributed by atoms with Gasteiger partial charge in [0.25, 0.3) is 0 Å². The van der Waals surface area contributed by atoms with Gasteiger partial charge in [0.1, 0.15) is 0 Å². The highest BCUT2D eigenvalue weighted by molar-refractivity contribution is 5.88. The van der Waals surface area contributed by atoms with E-state index < -0.39 is 17.4 Å². The molecular weight excluding hydrogens is 236 g/mol. The molecular formula is C12H22N2O4. The molecule has 0 radical (unpaired) electrons. The van der Waals surface area contributed by atoms with Crippen molar-refractivity contribution in [3.05, 3.63) is 0 Å². The van der Waals surface area contributed by atoms with Crippen LogP contribution in [0.3, 0.4) is 0 Å². The number of nitrogens with one attached hydrogen (secondary N) is 2. The second-order valence-electron chi connectivity index (χ2n) is 5.06. The van der Waals surface area contributed by atoms with Crippen molar-refractivity contribution >= 4 is 11.9 Å². The van der Waals surface area contributed by atoms with Crippen molar-refractivity contribution in [2.75, 3.05) is 26.8 Å². The predicted molar refractivity (Wildman–Crippen MR) is 66.2 cm³/mol. The maximum absolute atomic E-state index is 12.3. The summed E-state index contributed by atoms with van der Waals surface area (Å²) in [6.07, 6.45) is 0.732. The van der Waals surface area contributed by atoms with Crippen molar-refractivity contribution in [1.29, 1.82) is 0 Å². The van der Waals surface area contributed by atoms with E-state index in [4.69, 9.17) is 9.84 Å². The lowest BCUT2D eigenvalue weighted by atomic mass is 9.75. The minimum atomic E-state index is -1.07. The van der Waals surface area contributed by atoms with Crippen LogP contribution in [0.15, 0.2) is 0 Å². The number of carboxylic acids is 1. The molecule has 6 nitrogen and oxygen atoms in total. The Morgan fingerprint density at radius 1 is 1.50 bits per heavy atom. The van der Waals surface area contributed by atoms with E-state index in [-0.39, 0.29) is 18.4 Å². The van der Waals surface area contributed by atoms with Crippen LogP contribution in [-0.4, -0.2) is 49.8 Å². The first-order valence-corrected chi connectivity index (χ1v) is 6.17. The molecule has 6 heteroatoms. The van der Waals surface area contributed by atoms with Crippen molar-refractivity contribution in [1.82, 2.24) is 10.6 Å². The molecule has 0 spiro atoms. The van der Waals surface area contributed by atoms with Crippen molar-refractivity contribution in [3.63, 3.8) is 0 Å². The summed E-state index contributed by atoms with van der Waals surface area (Å²) in [4.78, 5) is 23.3. The molecule has 1 fully saturated rings. The Morgan fingerprint density at radius 2 is 2.17 bits per heavy atom. The molecule has 1 saturated heterocycles. The Bertz CT molecular complexity index is 311. The normalized spacial score (nSPS) is 25.1. The van der Waals surface area contributed by atoms with Crippen LogP contribution in [0.2, 0.25) is 0 Å². The fourth-order valence-corrected chi connectivity index (χ4v) is 2.30. The van der Waals surface area contributed by atoms with Gasteiger partial charge in [-0.1, -0.05) is 13.8 Å². The largest absolute Gasteiger partial charge is 0.480 e. The number of hydrogen-bond acceptors (Lipinski definition) is 4. The minimum Gasteiger partial charge on any atom is -0.480 e. The van der Waals surface area contributed by atoms with Crippen molar-refractivity contribution in [3.8, 4) is 0 Å². The number of carbonyl (C=O) groups is 2. The first-order valence-electron chi connectivity index (χ1n) is 6.17. The van der Waals surface area contributed by atoms with Gasteiger partial charge in [-0.3, -0.25) is 4.79 Å². The molecule has 104 valence electrons. The molecule has 0 aliphatic carbocycles. The zero-order valence-electron chi connectivity index (χ0n) is 11.2. The fourth-order valence-electron chi connectivity index (χ4n) is 2.30. The van der Waals surface area contributed by atoms with Gasteiger partial charge in [-0.25, -0.2) is 4.79 Å². The van der Waals surface area contributed by atoms with E-state index in [9.17, 15) is 9.59 Å². The lowest BCUT2D eigenvalue weighted by Gasteiger charge is -2.32. The molecule has 0 aromatic rings. The lowest BCUT2D eigenvalue weighted by Crippen LogP contribution is -2.53. The maximum atomic E-state index is 12.3. The average Bonchev–Trinajstić information content (AvgIpc) is 2.78. The molecule has 0 aromatic carbocycles. The molecule has 2 unspecified atom stereocenters. The highest BCUT2D eigenvalue weighted by Gasteiger charge is 2.44. The number of carboxylic acid groups (broad SMARTS) is 1. The summed E-state index contributed by atoms with van der Waals surface area (Å²) in [5, 5.41) is 14.8. The van der Waals surface area contributed by atoms with Gasteiger partial charge in [0, 0.05) is 13.7 Å². The van der Waals surface area contributed by atoms with Gasteiger partial charge in [0.15, 0.2) is 6.04 Å². The first kappa shape index (κ1) is 14.9. The van der Waals surface area contributed by atoms with Crippen molar-refractivity contribution in [2.45, 2.75) is 26.3 Å². The standard InChI is InChI=1S/C12H22N2O4/c1-8(2)12(4-5-13-7-12)11(17)14-9(6-18-3)10(15)16/h8-9,13H,4-7H2,1-3H3,(H,14,17)(H,15,16). The molecule has 1 rings (SSSR count). The summed E-state index contributed by atoms with van der Waals surface area (Å²) in [5.74, 6) is -1.12. The van der Waals surface area contributed by atoms with Crippen molar-refractivity contribution < 1.29 is 19.4 Å². The minimum absolute atomic E-state index is 0.0251. The van der Waals surface area contributed by atoms with Crippen LogP contribution >= 0.6 is 0 Å². The number of carbonyl (C=O) groups excluding carboxylic acids is 1. The Balaban J connectivity index is 2.75. The van der Waals surface area contributed by atoms with Crippen LogP contribution < -0.4 is 10.6 Å². The van der Waals surface area contributed by atoms with Gasteiger partial charge < -0.3 is 20.5 Å². The summed E-state index contributed by atoms with van der Waals surface area (Å²) in [6.45, 7) is 5.32. The fraction of sp³-hybridized carbons (Fsp3) is 0.833. The molecule has 1 heterocycles. The smallest absolute Gasteiger partial charge is 0.328 e. The SMILES string of the molecule is COCC(NC(=O)C1(C(C)C)CCNC1)C(=O)O. The van der Waals surface area contributed by atoms with Crippen LogP contribution in [0.5, 0.6) is 0 Å². The molecule has 0 bridgehead atoms. The molecule has 2 atom stereocenters. The quantitative estimate of drug-likeness (QED) is 0.616. The summed E-state index contributed by atoms with van der Waals surface area (Å²) >= 11 is 0. The van der Waals surface area contributed by atoms with E-state index in [1.54, 1.807) is 0 Å². The number of amides is 1. The summed E-state index contributed by atoms with van der Waals surface area (Å²) in [6, 6.07) is -0.987. The third-order valence-electron chi connectivity index (χ3n) is 3.68. The zero-order chi connectivity index (χ0) is 13.8. The van der Waals surface area contributed by atoms with Crippen LogP contribution in [0.1, 0.15) is 20.3 Å². The summed E-state index contributed by atoms with van der Waals surface area (Å²) < 4.78 is 4.81. The van der Waals surface area contributed by atoms with Gasteiger partial charge in [-0.15, -0.1) is 0 Å². The van der Waals surface area contributed by atoms with Gasteiger partial charge in [-0.05, 0) is 18.9 Å². The van der Waals surface area contributed by atoms with E-state index in [1.807, 2.05) is 13.8 Å². The topological polar surface area (TPSA) is 87.7 Å². The number of rotatable bonds is 6. The average molecular weight is 258 g/mol. The summed E-state index contributed by atoms with van der Waals surface area (Å²) in [7, 11) is 1.41. The third kappa shape index (κ3) is 3.00. The first-order chi connectivity index (χ1) is 8.44. The third-order valence-corrected chi connectivity index (χ3v) is 3.68. The zero-order valence-corrected chi connectivity index (χ0v) is 11.2. The van der Waals surface area contributed by atoms with Crippen LogP contribution in [0.4, 0.5) is 0 Å². The summed E-state index contributed by atoms with van der Waals surface area (Å²) in [5.41, 5.74) is -0.512. The van der Waals surface area contributed by atoms with E-state index in [1.165, 1.54) is 7.11 Å². The van der Waals surface area contributed by atoms with Gasteiger partial charge in [0.05, 0.1) is 12.0 Å². The second-order valence-corrected chi connectivity index (χ2v) is 5.06. The molecule has 3 N–H and O–H groups in total. The molecule has 1 aliphatic rings. The number of ether oxygens (including phenoxy) is 1. The highest BCUT2D eigenvalue weighted by atomic mass is 16.5. The molecule has 1 amide bonds. The Kier molecular flexibility index (Phi) is 5.10. The monoisotopic (exact) mass is 258 g/mol. The molecule has 1 aliphatic heterocycles. The number of hydrogen-bond donors (Lipinski definition) is 3.